The van der Waals surface area contributed by atoms with Crippen molar-refractivity contribution < 1.29 is 27.9 Å². The largest absolute Gasteiger partial charge is 0.496 e. The Morgan fingerprint density at radius 1 is 1.12 bits per heavy atom. The number of ether oxygens (including phenoxy) is 3. The van der Waals surface area contributed by atoms with Gasteiger partial charge in [0.25, 0.3) is 5.69 Å². The van der Waals surface area contributed by atoms with Crippen LogP contribution in [0.5, 0.6) is 5.75 Å². The lowest BCUT2D eigenvalue weighted by molar-refractivity contribution is -0.385. The van der Waals surface area contributed by atoms with Crippen molar-refractivity contribution in [3.63, 3.8) is 0 Å². The molecule has 0 saturated heterocycles. The number of oxazole rings is 1. The van der Waals surface area contributed by atoms with Gasteiger partial charge >= 0.3 is 0 Å². The van der Waals surface area contributed by atoms with Crippen molar-refractivity contribution in [1.29, 1.82) is 0 Å². The molecule has 180 valence electrons. The molecule has 0 N–H and O–H groups in total. The van der Waals surface area contributed by atoms with Gasteiger partial charge in [0.1, 0.15) is 23.0 Å². The molecule has 4 rings (SSSR count). The van der Waals surface area contributed by atoms with Gasteiger partial charge in [-0.1, -0.05) is 0 Å². The highest BCUT2D eigenvalue weighted by Gasteiger charge is 2.25. The molecular formula is C25H27FN2O6. The summed E-state index contributed by atoms with van der Waals surface area (Å²) < 4.78 is 36.4. The summed E-state index contributed by atoms with van der Waals surface area (Å²) in [7, 11) is 1.53. The fourth-order valence-corrected chi connectivity index (χ4v) is 4.08. The molecule has 0 radical (unpaired) electrons. The van der Waals surface area contributed by atoms with Crippen LogP contribution in [0.3, 0.4) is 0 Å². The molecule has 0 aliphatic heterocycles. The Labute approximate surface area is 196 Å². The van der Waals surface area contributed by atoms with Gasteiger partial charge in [0, 0.05) is 23.3 Å². The molecule has 0 bridgehead atoms. The third-order valence-corrected chi connectivity index (χ3v) is 5.97. The van der Waals surface area contributed by atoms with E-state index in [1.165, 1.54) is 31.4 Å². The number of nitrogens with zero attached hydrogens (tertiary/aromatic N) is 2. The second-order valence-corrected chi connectivity index (χ2v) is 8.31. The third-order valence-electron chi connectivity index (χ3n) is 5.97. The van der Waals surface area contributed by atoms with E-state index >= 15 is 0 Å². The van der Waals surface area contributed by atoms with Crippen molar-refractivity contribution in [1.82, 2.24) is 4.98 Å². The second kappa shape index (κ2) is 10.8. The predicted octanol–water partition coefficient (Wildman–Crippen LogP) is 5.75. The summed E-state index contributed by atoms with van der Waals surface area (Å²) in [5.41, 5.74) is 2.07. The van der Waals surface area contributed by atoms with Crippen molar-refractivity contribution in [2.24, 2.45) is 0 Å². The molecule has 34 heavy (non-hydrogen) atoms. The fraction of sp³-hybridized carbons (Fsp3) is 0.400. The number of hydrogen-bond donors (Lipinski definition) is 0. The van der Waals surface area contributed by atoms with Crippen LogP contribution in [0.2, 0.25) is 0 Å². The Balaban J connectivity index is 1.32. The quantitative estimate of drug-likeness (QED) is 0.290. The van der Waals surface area contributed by atoms with E-state index in [0.717, 1.165) is 25.7 Å². The van der Waals surface area contributed by atoms with Crippen molar-refractivity contribution in [3.05, 3.63) is 75.4 Å². The zero-order valence-electron chi connectivity index (χ0n) is 19.2. The summed E-state index contributed by atoms with van der Waals surface area (Å²) >= 11 is 0. The predicted molar refractivity (Wildman–Crippen MR) is 122 cm³/mol. The summed E-state index contributed by atoms with van der Waals surface area (Å²) in [6.45, 7) is 2.37. The number of aryl methyl sites for hydroxylation is 1. The Morgan fingerprint density at radius 3 is 2.50 bits per heavy atom. The van der Waals surface area contributed by atoms with Crippen LogP contribution in [0.25, 0.3) is 11.5 Å². The molecule has 9 heteroatoms. The number of non-ortho nitro benzene ring substituents is 1. The van der Waals surface area contributed by atoms with Crippen LogP contribution in [-0.4, -0.2) is 29.2 Å². The van der Waals surface area contributed by atoms with E-state index in [0.29, 0.717) is 40.8 Å². The van der Waals surface area contributed by atoms with Gasteiger partial charge in [-0.05, 0) is 62.9 Å². The number of hydrogen-bond acceptors (Lipinski definition) is 7. The average molecular weight is 470 g/mol. The van der Waals surface area contributed by atoms with Crippen LogP contribution in [0.15, 0.2) is 46.9 Å². The highest BCUT2D eigenvalue weighted by atomic mass is 19.1. The Bertz CT molecular complexity index is 1130. The van der Waals surface area contributed by atoms with E-state index in [4.69, 9.17) is 18.6 Å². The fourth-order valence-electron chi connectivity index (χ4n) is 4.08. The molecule has 1 aliphatic carbocycles. The maximum absolute atomic E-state index is 13.2. The SMILES string of the molecule is COc1ccc([N+](=O)[O-])cc1CO[C@@H]1CCC[C@H](OCc2nc(-c3ccc(F)cc3)oc2C)C1. The van der Waals surface area contributed by atoms with E-state index in [1.807, 2.05) is 6.92 Å². The summed E-state index contributed by atoms with van der Waals surface area (Å²) in [6.07, 6.45) is 3.49. The molecular weight excluding hydrogens is 443 g/mol. The molecule has 0 spiro atoms. The monoisotopic (exact) mass is 470 g/mol. The standard InChI is InChI=1S/C25H27FN2O6/c1-16-23(27-25(34-16)17-6-8-19(26)9-7-17)15-33-22-5-3-4-21(13-22)32-14-18-12-20(28(29)30)10-11-24(18)31-2/h6-12,21-22H,3-5,13-15H2,1-2H3/t21-,22+/m1/s1. The van der Waals surface area contributed by atoms with Crippen molar-refractivity contribution in [3.8, 4) is 17.2 Å². The lowest BCUT2D eigenvalue weighted by Gasteiger charge is -2.29. The van der Waals surface area contributed by atoms with Crippen LogP contribution < -0.4 is 4.74 Å². The highest BCUT2D eigenvalue weighted by molar-refractivity contribution is 5.53. The molecule has 1 aliphatic rings. The van der Waals surface area contributed by atoms with E-state index < -0.39 is 4.92 Å². The van der Waals surface area contributed by atoms with Gasteiger partial charge in [-0.25, -0.2) is 9.37 Å². The minimum Gasteiger partial charge on any atom is -0.496 e. The van der Waals surface area contributed by atoms with Gasteiger partial charge in [0.2, 0.25) is 5.89 Å². The Hall–Kier alpha value is -3.30. The lowest BCUT2D eigenvalue weighted by atomic mass is 9.95. The molecule has 1 heterocycles. The highest BCUT2D eigenvalue weighted by Crippen LogP contribution is 2.29. The molecule has 1 aromatic heterocycles. The zero-order valence-corrected chi connectivity index (χ0v) is 19.2. The second-order valence-electron chi connectivity index (χ2n) is 8.31. The number of nitro groups is 1. The first-order valence-corrected chi connectivity index (χ1v) is 11.2. The lowest BCUT2D eigenvalue weighted by Crippen LogP contribution is -2.28. The zero-order chi connectivity index (χ0) is 24.1. The van der Waals surface area contributed by atoms with Gasteiger partial charge in [0.15, 0.2) is 0 Å². The van der Waals surface area contributed by atoms with Crippen molar-refractivity contribution in [2.75, 3.05) is 7.11 Å². The molecule has 3 aromatic rings. The molecule has 1 saturated carbocycles. The third kappa shape index (κ3) is 5.78. The maximum Gasteiger partial charge on any atom is 0.270 e. The summed E-state index contributed by atoms with van der Waals surface area (Å²) in [5.74, 6) is 1.36. The molecule has 8 nitrogen and oxygen atoms in total. The number of aromatic nitrogens is 1. The summed E-state index contributed by atoms with van der Waals surface area (Å²) in [5, 5.41) is 11.1. The smallest absolute Gasteiger partial charge is 0.270 e. The maximum atomic E-state index is 13.2. The van der Waals surface area contributed by atoms with Crippen molar-refractivity contribution in [2.45, 2.75) is 58.0 Å². The number of halogens is 1. The molecule has 1 fully saturated rings. The molecule has 0 amide bonds. The van der Waals surface area contributed by atoms with E-state index in [9.17, 15) is 14.5 Å². The molecule has 0 unspecified atom stereocenters. The number of nitro benzene ring substituents is 1. The van der Waals surface area contributed by atoms with Crippen LogP contribution in [0, 0.1) is 22.9 Å². The number of methoxy groups -OCH3 is 1. The van der Waals surface area contributed by atoms with Gasteiger partial charge in [-0.15, -0.1) is 0 Å². The molecule has 2 atom stereocenters. The minimum atomic E-state index is -0.430. The van der Waals surface area contributed by atoms with E-state index in [2.05, 4.69) is 4.98 Å². The summed E-state index contributed by atoms with van der Waals surface area (Å²) in [4.78, 5) is 15.2. The Morgan fingerprint density at radius 2 is 1.82 bits per heavy atom. The normalized spacial score (nSPS) is 18.1. The Kier molecular flexibility index (Phi) is 7.54. The summed E-state index contributed by atoms with van der Waals surface area (Å²) in [6, 6.07) is 10.5. The van der Waals surface area contributed by atoms with Gasteiger partial charge in [0.05, 0.1) is 37.5 Å². The topological polar surface area (TPSA) is 96.9 Å². The van der Waals surface area contributed by atoms with Gasteiger partial charge in [-0.3, -0.25) is 10.1 Å². The first-order valence-electron chi connectivity index (χ1n) is 11.2. The first kappa shape index (κ1) is 23.8. The van der Waals surface area contributed by atoms with E-state index in [1.54, 1.807) is 18.2 Å². The number of benzene rings is 2. The number of rotatable bonds is 9. The van der Waals surface area contributed by atoms with E-state index in [-0.39, 0.29) is 30.3 Å². The van der Waals surface area contributed by atoms with Crippen LogP contribution in [-0.2, 0) is 22.7 Å². The minimum absolute atomic E-state index is 0.00671. The van der Waals surface area contributed by atoms with Crippen LogP contribution in [0.4, 0.5) is 10.1 Å². The van der Waals surface area contributed by atoms with Crippen LogP contribution >= 0.6 is 0 Å². The van der Waals surface area contributed by atoms with Crippen molar-refractivity contribution >= 4 is 5.69 Å². The van der Waals surface area contributed by atoms with Crippen LogP contribution in [0.1, 0.15) is 42.7 Å². The first-order chi connectivity index (χ1) is 16.4. The average Bonchev–Trinajstić information content (AvgIpc) is 3.22. The van der Waals surface area contributed by atoms with Gasteiger partial charge in [-0.2, -0.15) is 0 Å². The van der Waals surface area contributed by atoms with Gasteiger partial charge < -0.3 is 18.6 Å². The molecule has 2 aromatic carbocycles.